The molecule has 2 aromatic carbocycles. The third-order valence-corrected chi connectivity index (χ3v) is 7.51. The Kier molecular flexibility index (Phi) is 4.35. The van der Waals surface area contributed by atoms with E-state index in [1.165, 1.54) is 15.3 Å². The van der Waals surface area contributed by atoms with Crippen LogP contribution >= 0.6 is 0 Å². The molecule has 0 spiro atoms. The van der Waals surface area contributed by atoms with Gasteiger partial charge in [0.2, 0.25) is 0 Å². The van der Waals surface area contributed by atoms with E-state index < -0.39 is 10.0 Å². The number of aromatic amines is 1. The molecule has 0 saturated heterocycles. The zero-order valence-electron chi connectivity index (χ0n) is 15.9. The molecule has 1 atom stereocenters. The fourth-order valence-electron chi connectivity index (χ4n) is 4.09. The maximum Gasteiger partial charge on any atom is 0.263 e. The largest absolute Gasteiger partial charge is 0.361 e. The van der Waals surface area contributed by atoms with E-state index in [-0.39, 0.29) is 5.92 Å². The first kappa shape index (κ1) is 17.9. The summed E-state index contributed by atoms with van der Waals surface area (Å²) < 4.78 is 27.6. The number of sulfonamides is 1. The molecule has 0 radical (unpaired) electrons. The number of nitrogens with one attached hydrogen (secondary N) is 1. The third kappa shape index (κ3) is 2.96. The van der Waals surface area contributed by atoms with Crippen LogP contribution < -0.4 is 0 Å². The number of H-pyrrole nitrogens is 1. The van der Waals surface area contributed by atoms with Crippen LogP contribution in [-0.2, 0) is 10.0 Å². The first-order chi connectivity index (χ1) is 12.9. The van der Waals surface area contributed by atoms with Gasteiger partial charge in [0.05, 0.1) is 4.90 Å². The van der Waals surface area contributed by atoms with Crippen molar-refractivity contribution in [2.24, 2.45) is 0 Å². The Hall–Kier alpha value is -2.53. The highest BCUT2D eigenvalue weighted by molar-refractivity contribution is 7.89. The molecule has 4 rings (SSSR count). The number of rotatable bonds is 4. The van der Waals surface area contributed by atoms with Gasteiger partial charge in [0.1, 0.15) is 0 Å². The molecule has 0 fully saturated rings. The SMILES string of the molecule is CC1=C(N(C)S(=O)(=O)c2ccc(C)cc2)CC[C@H]1c1c[nH]c2ccccc12. The average Bonchev–Trinajstić information content (AvgIpc) is 3.24. The molecule has 0 unspecified atom stereocenters. The van der Waals surface area contributed by atoms with Gasteiger partial charge in [0.15, 0.2) is 0 Å². The van der Waals surface area contributed by atoms with Gasteiger partial charge in [-0.15, -0.1) is 0 Å². The molecule has 0 saturated carbocycles. The maximum atomic E-state index is 13.1. The number of aryl methyl sites for hydroxylation is 1. The Morgan fingerprint density at radius 2 is 1.74 bits per heavy atom. The molecule has 1 heterocycles. The van der Waals surface area contributed by atoms with Crippen molar-refractivity contribution in [1.82, 2.24) is 9.29 Å². The van der Waals surface area contributed by atoms with Crippen molar-refractivity contribution < 1.29 is 8.42 Å². The molecule has 0 bridgehead atoms. The van der Waals surface area contributed by atoms with Crippen LogP contribution in [0.1, 0.15) is 36.8 Å². The van der Waals surface area contributed by atoms with Crippen LogP contribution in [-0.4, -0.2) is 24.8 Å². The van der Waals surface area contributed by atoms with Crippen molar-refractivity contribution in [3.8, 4) is 0 Å². The molecular weight excluding hydrogens is 356 g/mol. The van der Waals surface area contributed by atoms with Gasteiger partial charge in [-0.05, 0) is 56.0 Å². The molecule has 27 heavy (non-hydrogen) atoms. The van der Waals surface area contributed by atoms with Crippen LogP contribution in [0.3, 0.4) is 0 Å². The minimum absolute atomic E-state index is 0.242. The summed E-state index contributed by atoms with van der Waals surface area (Å²) in [4.78, 5) is 3.68. The fourth-order valence-corrected chi connectivity index (χ4v) is 5.41. The minimum atomic E-state index is -3.54. The number of allylic oxidation sites excluding steroid dienone is 2. The van der Waals surface area contributed by atoms with Crippen LogP contribution in [0, 0.1) is 6.92 Å². The number of hydrogen-bond donors (Lipinski definition) is 1. The molecule has 5 heteroatoms. The second kappa shape index (κ2) is 6.57. The molecule has 1 aromatic heterocycles. The summed E-state index contributed by atoms with van der Waals surface area (Å²) in [5.74, 6) is 0.242. The number of para-hydroxylation sites is 1. The molecule has 0 amide bonds. The second-order valence-corrected chi connectivity index (χ2v) is 9.27. The Morgan fingerprint density at radius 3 is 2.48 bits per heavy atom. The summed E-state index contributed by atoms with van der Waals surface area (Å²) in [6, 6.07) is 15.3. The Bertz CT molecular complexity index is 1120. The Balaban J connectivity index is 1.70. The lowest BCUT2D eigenvalue weighted by Gasteiger charge is -2.22. The highest BCUT2D eigenvalue weighted by atomic mass is 32.2. The number of fused-ring (bicyclic) bond motifs is 1. The lowest BCUT2D eigenvalue weighted by Crippen LogP contribution is -2.26. The zero-order valence-corrected chi connectivity index (χ0v) is 16.7. The smallest absolute Gasteiger partial charge is 0.263 e. The summed E-state index contributed by atoms with van der Waals surface area (Å²) in [6.07, 6.45) is 3.75. The summed E-state index contributed by atoms with van der Waals surface area (Å²) in [5, 5.41) is 1.21. The van der Waals surface area contributed by atoms with Crippen LogP contribution in [0.4, 0.5) is 0 Å². The molecule has 3 aromatic rings. The summed E-state index contributed by atoms with van der Waals surface area (Å²) in [7, 11) is -1.87. The molecule has 1 N–H and O–H groups in total. The maximum absolute atomic E-state index is 13.1. The quantitative estimate of drug-likeness (QED) is 0.696. The van der Waals surface area contributed by atoms with Crippen LogP contribution in [0.5, 0.6) is 0 Å². The predicted octanol–water partition coefficient (Wildman–Crippen LogP) is 4.95. The van der Waals surface area contributed by atoms with Crippen molar-refractivity contribution in [2.45, 2.75) is 37.5 Å². The number of benzene rings is 2. The van der Waals surface area contributed by atoms with E-state index in [2.05, 4.69) is 30.2 Å². The number of aromatic nitrogens is 1. The number of hydrogen-bond acceptors (Lipinski definition) is 2. The molecule has 0 aliphatic heterocycles. The molecule has 1 aliphatic rings. The van der Waals surface area contributed by atoms with Gasteiger partial charge in [-0.25, -0.2) is 8.42 Å². The molecule has 140 valence electrons. The first-order valence-electron chi connectivity index (χ1n) is 9.21. The van der Waals surface area contributed by atoms with Crippen molar-refractivity contribution in [3.63, 3.8) is 0 Å². The van der Waals surface area contributed by atoms with E-state index in [0.717, 1.165) is 35.2 Å². The van der Waals surface area contributed by atoms with Gasteiger partial charge >= 0.3 is 0 Å². The fraction of sp³-hybridized carbons (Fsp3) is 0.273. The van der Waals surface area contributed by atoms with E-state index in [1.54, 1.807) is 19.2 Å². The van der Waals surface area contributed by atoms with Gasteiger partial charge in [-0.1, -0.05) is 35.9 Å². The highest BCUT2D eigenvalue weighted by Gasteiger charge is 2.32. The van der Waals surface area contributed by atoms with E-state index in [1.807, 2.05) is 31.2 Å². The van der Waals surface area contributed by atoms with E-state index >= 15 is 0 Å². The van der Waals surface area contributed by atoms with Gasteiger partial charge in [-0.3, -0.25) is 4.31 Å². The zero-order chi connectivity index (χ0) is 19.2. The van der Waals surface area contributed by atoms with Crippen molar-refractivity contribution in [3.05, 3.63) is 77.1 Å². The highest BCUT2D eigenvalue weighted by Crippen LogP contribution is 2.43. The van der Waals surface area contributed by atoms with Crippen LogP contribution in [0.2, 0.25) is 0 Å². The normalized spacial score (nSPS) is 17.7. The van der Waals surface area contributed by atoms with E-state index in [0.29, 0.717) is 4.90 Å². The topological polar surface area (TPSA) is 53.2 Å². The standard InChI is InChI=1S/C22H24N2O2S/c1-15-8-10-17(11-9-15)27(25,26)24(3)22-13-12-18(16(22)2)20-14-23-21-7-5-4-6-19(20)21/h4-11,14,18,23H,12-13H2,1-3H3/t18-/m1/s1. The molecule has 1 aliphatic carbocycles. The van der Waals surface area contributed by atoms with Crippen molar-refractivity contribution in [1.29, 1.82) is 0 Å². The average molecular weight is 381 g/mol. The Morgan fingerprint density at radius 1 is 1.04 bits per heavy atom. The number of nitrogens with zero attached hydrogens (tertiary/aromatic N) is 1. The predicted molar refractivity (Wildman–Crippen MR) is 109 cm³/mol. The van der Waals surface area contributed by atoms with Crippen molar-refractivity contribution >= 4 is 20.9 Å². The lowest BCUT2D eigenvalue weighted by molar-refractivity contribution is 0.515. The minimum Gasteiger partial charge on any atom is -0.361 e. The van der Waals surface area contributed by atoms with Gasteiger partial charge in [0, 0.05) is 35.8 Å². The molecular formula is C22H24N2O2S. The summed E-state index contributed by atoms with van der Waals surface area (Å²) >= 11 is 0. The van der Waals surface area contributed by atoms with Crippen molar-refractivity contribution in [2.75, 3.05) is 7.05 Å². The molecule has 4 nitrogen and oxygen atoms in total. The van der Waals surface area contributed by atoms with Gasteiger partial charge < -0.3 is 4.98 Å². The van der Waals surface area contributed by atoms with E-state index in [4.69, 9.17) is 0 Å². The van der Waals surface area contributed by atoms with Crippen LogP contribution in [0.15, 0.2) is 70.9 Å². The van der Waals surface area contributed by atoms with Gasteiger partial charge in [0.25, 0.3) is 10.0 Å². The second-order valence-electron chi connectivity index (χ2n) is 7.30. The van der Waals surface area contributed by atoms with Gasteiger partial charge in [-0.2, -0.15) is 0 Å². The third-order valence-electron chi connectivity index (χ3n) is 5.70. The van der Waals surface area contributed by atoms with E-state index in [9.17, 15) is 8.42 Å². The summed E-state index contributed by atoms with van der Waals surface area (Å²) in [6.45, 7) is 4.02. The van der Waals surface area contributed by atoms with Crippen LogP contribution in [0.25, 0.3) is 10.9 Å². The Labute approximate surface area is 160 Å². The summed E-state index contributed by atoms with van der Waals surface area (Å²) in [5.41, 5.74) is 5.46. The first-order valence-corrected chi connectivity index (χ1v) is 10.6. The lowest BCUT2D eigenvalue weighted by atomic mass is 9.93. The monoisotopic (exact) mass is 380 g/mol.